The van der Waals surface area contributed by atoms with E-state index < -0.39 is 6.04 Å². The van der Waals surface area contributed by atoms with E-state index in [4.69, 9.17) is 16.3 Å². The molecule has 0 aliphatic carbocycles. The highest BCUT2D eigenvalue weighted by Crippen LogP contribution is 2.30. The van der Waals surface area contributed by atoms with Crippen LogP contribution in [0.25, 0.3) is 0 Å². The van der Waals surface area contributed by atoms with Gasteiger partial charge in [0.1, 0.15) is 4.62 Å². The van der Waals surface area contributed by atoms with Crippen molar-refractivity contribution < 1.29 is 9.53 Å². The summed E-state index contributed by atoms with van der Waals surface area (Å²) in [5.74, 6) is 0.0731. The van der Waals surface area contributed by atoms with Crippen LogP contribution in [0.15, 0.2) is 23.4 Å². The Bertz CT molecular complexity index is 480. The fourth-order valence-electron chi connectivity index (χ4n) is 1.53. The quantitative estimate of drug-likeness (QED) is 0.785. The van der Waals surface area contributed by atoms with E-state index in [0.29, 0.717) is 21.9 Å². The number of aromatic nitrogens is 1. The van der Waals surface area contributed by atoms with Gasteiger partial charge in [-0.05, 0) is 28.1 Å². The summed E-state index contributed by atoms with van der Waals surface area (Å²) in [6, 6.07) is 2.88. The van der Waals surface area contributed by atoms with Crippen molar-refractivity contribution in [1.29, 1.82) is 0 Å². The van der Waals surface area contributed by atoms with Crippen molar-refractivity contribution in [3.05, 3.63) is 23.4 Å². The molecule has 0 saturated heterocycles. The van der Waals surface area contributed by atoms with E-state index in [1.807, 2.05) is 0 Å². The van der Waals surface area contributed by atoms with E-state index in [9.17, 15) is 4.79 Å². The second-order valence-electron chi connectivity index (χ2n) is 3.37. The number of ether oxygens (including phenoxy) is 1. The first-order valence-corrected chi connectivity index (χ1v) is 6.01. The second-order valence-corrected chi connectivity index (χ2v) is 4.70. The molecule has 0 N–H and O–H groups in total. The van der Waals surface area contributed by atoms with Gasteiger partial charge in [-0.2, -0.15) is 5.10 Å². The SMILES string of the molecule is COC(=O)C1CC(Br)=NN1c1ncccc1Cl. The van der Waals surface area contributed by atoms with Crippen LogP contribution in [-0.4, -0.2) is 28.7 Å². The van der Waals surface area contributed by atoms with Crippen LogP contribution in [0.3, 0.4) is 0 Å². The second kappa shape index (κ2) is 5.01. The average molecular weight is 319 g/mol. The zero-order valence-corrected chi connectivity index (χ0v) is 11.3. The molecule has 2 heterocycles. The molecular formula is C10H9BrClN3O2. The van der Waals surface area contributed by atoms with Crippen molar-refractivity contribution in [2.24, 2.45) is 5.10 Å². The highest BCUT2D eigenvalue weighted by Gasteiger charge is 2.35. The highest BCUT2D eigenvalue weighted by molar-refractivity contribution is 9.18. The molecular weight excluding hydrogens is 309 g/mol. The summed E-state index contributed by atoms with van der Waals surface area (Å²) in [4.78, 5) is 15.7. The number of halogens is 2. The normalized spacial score (nSPS) is 19.1. The van der Waals surface area contributed by atoms with Crippen LogP contribution < -0.4 is 5.01 Å². The first-order valence-electron chi connectivity index (χ1n) is 4.84. The number of pyridine rings is 1. The molecule has 0 radical (unpaired) electrons. The third kappa shape index (κ3) is 2.42. The molecule has 1 aromatic heterocycles. The Morgan fingerprint density at radius 2 is 2.47 bits per heavy atom. The van der Waals surface area contributed by atoms with Crippen molar-refractivity contribution in [1.82, 2.24) is 4.98 Å². The van der Waals surface area contributed by atoms with Crippen LogP contribution in [0.5, 0.6) is 0 Å². The molecule has 1 aliphatic rings. The monoisotopic (exact) mass is 317 g/mol. The van der Waals surface area contributed by atoms with Crippen LogP contribution in [0, 0.1) is 0 Å². The van der Waals surface area contributed by atoms with Gasteiger partial charge in [0.25, 0.3) is 0 Å². The van der Waals surface area contributed by atoms with Crippen molar-refractivity contribution in [3.63, 3.8) is 0 Å². The predicted molar refractivity (Wildman–Crippen MR) is 68.5 cm³/mol. The summed E-state index contributed by atoms with van der Waals surface area (Å²) in [6.07, 6.45) is 2.04. The number of nitrogens with zero attached hydrogens (tertiary/aromatic N) is 3. The first kappa shape index (κ1) is 12.3. The number of rotatable bonds is 2. The minimum absolute atomic E-state index is 0.370. The van der Waals surface area contributed by atoms with Crippen molar-refractivity contribution in [3.8, 4) is 0 Å². The van der Waals surface area contributed by atoms with Crippen molar-refractivity contribution in [2.45, 2.75) is 12.5 Å². The van der Waals surface area contributed by atoms with E-state index in [1.54, 1.807) is 18.3 Å². The van der Waals surface area contributed by atoms with Crippen molar-refractivity contribution in [2.75, 3.05) is 12.1 Å². The maximum absolute atomic E-state index is 11.6. The zero-order valence-electron chi connectivity index (χ0n) is 8.93. The lowest BCUT2D eigenvalue weighted by Crippen LogP contribution is -2.35. The Hall–Kier alpha value is -1.14. The predicted octanol–water partition coefficient (Wildman–Crippen LogP) is 2.20. The summed E-state index contributed by atoms with van der Waals surface area (Å²) in [7, 11) is 1.34. The fourth-order valence-corrected chi connectivity index (χ4v) is 2.22. The van der Waals surface area contributed by atoms with Gasteiger partial charge in [-0.1, -0.05) is 11.6 Å². The number of hydrazone groups is 1. The van der Waals surface area contributed by atoms with Crippen molar-refractivity contribution >= 4 is 43.9 Å². The molecule has 0 spiro atoms. The number of carbonyl (C=O) groups excluding carboxylic acids is 1. The van der Waals surface area contributed by atoms with E-state index in [-0.39, 0.29) is 5.97 Å². The summed E-state index contributed by atoms with van der Waals surface area (Å²) < 4.78 is 5.39. The molecule has 2 rings (SSSR count). The maximum atomic E-state index is 11.6. The van der Waals surface area contributed by atoms with Gasteiger partial charge in [-0.15, -0.1) is 0 Å². The third-order valence-electron chi connectivity index (χ3n) is 2.30. The van der Waals surface area contributed by atoms with Crippen LogP contribution in [0.2, 0.25) is 5.02 Å². The third-order valence-corrected chi connectivity index (χ3v) is 3.08. The number of anilines is 1. The molecule has 1 atom stereocenters. The molecule has 0 bridgehead atoms. The Labute approximate surface area is 112 Å². The lowest BCUT2D eigenvalue weighted by atomic mass is 10.2. The van der Waals surface area contributed by atoms with Gasteiger partial charge >= 0.3 is 5.97 Å². The smallest absolute Gasteiger partial charge is 0.331 e. The summed E-state index contributed by atoms with van der Waals surface area (Å²) in [5, 5.41) is 6.10. The van der Waals surface area contributed by atoms with E-state index in [1.165, 1.54) is 12.1 Å². The Kier molecular flexibility index (Phi) is 3.63. The van der Waals surface area contributed by atoms with Gasteiger partial charge in [0.2, 0.25) is 0 Å². The van der Waals surface area contributed by atoms with Gasteiger partial charge in [0.15, 0.2) is 11.9 Å². The van der Waals surface area contributed by atoms with Crippen LogP contribution in [0.4, 0.5) is 5.82 Å². The van der Waals surface area contributed by atoms with Gasteiger partial charge in [-0.25, -0.2) is 14.8 Å². The Balaban J connectivity index is 2.36. The molecule has 0 saturated carbocycles. The molecule has 0 aromatic carbocycles. The summed E-state index contributed by atoms with van der Waals surface area (Å²) in [6.45, 7) is 0. The topological polar surface area (TPSA) is 54.8 Å². The lowest BCUT2D eigenvalue weighted by molar-refractivity contribution is -0.141. The minimum atomic E-state index is -0.526. The molecule has 0 fully saturated rings. The summed E-state index contributed by atoms with van der Waals surface area (Å²) >= 11 is 9.29. The summed E-state index contributed by atoms with van der Waals surface area (Å²) in [5.41, 5.74) is 0. The van der Waals surface area contributed by atoms with Gasteiger partial charge in [0, 0.05) is 12.6 Å². The molecule has 17 heavy (non-hydrogen) atoms. The number of hydrogen-bond donors (Lipinski definition) is 0. The number of methoxy groups -OCH3 is 1. The van der Waals surface area contributed by atoms with Crippen LogP contribution in [-0.2, 0) is 9.53 Å². The molecule has 0 amide bonds. The molecule has 5 nitrogen and oxygen atoms in total. The molecule has 1 aliphatic heterocycles. The molecule has 7 heteroatoms. The maximum Gasteiger partial charge on any atom is 0.331 e. The van der Waals surface area contributed by atoms with Crippen LogP contribution in [0.1, 0.15) is 6.42 Å². The first-order chi connectivity index (χ1) is 8.13. The van der Waals surface area contributed by atoms with Gasteiger partial charge in [0.05, 0.1) is 12.1 Å². The van der Waals surface area contributed by atoms with E-state index >= 15 is 0 Å². The molecule has 1 aromatic rings. The lowest BCUT2D eigenvalue weighted by Gasteiger charge is -2.20. The molecule has 1 unspecified atom stereocenters. The van der Waals surface area contributed by atoms with Crippen LogP contribution >= 0.6 is 27.5 Å². The Morgan fingerprint density at radius 3 is 3.12 bits per heavy atom. The fraction of sp³-hybridized carbons (Fsp3) is 0.300. The number of esters is 1. The molecule has 90 valence electrons. The average Bonchev–Trinajstić information content (AvgIpc) is 2.71. The number of carbonyl (C=O) groups is 1. The standard InChI is InChI=1S/C10H9BrClN3O2/c1-17-10(16)7-5-8(11)14-15(7)9-6(12)3-2-4-13-9/h2-4,7H,5H2,1H3. The zero-order chi connectivity index (χ0) is 12.4. The largest absolute Gasteiger partial charge is 0.467 e. The number of hydrogen-bond acceptors (Lipinski definition) is 5. The van der Waals surface area contributed by atoms with E-state index in [0.717, 1.165) is 0 Å². The van der Waals surface area contributed by atoms with Gasteiger partial charge < -0.3 is 4.74 Å². The highest BCUT2D eigenvalue weighted by atomic mass is 79.9. The van der Waals surface area contributed by atoms with Gasteiger partial charge in [-0.3, -0.25) is 0 Å². The Morgan fingerprint density at radius 1 is 1.71 bits per heavy atom. The van der Waals surface area contributed by atoms with E-state index in [2.05, 4.69) is 26.0 Å². The minimum Gasteiger partial charge on any atom is -0.467 e.